The van der Waals surface area contributed by atoms with Crippen molar-refractivity contribution in [3.63, 3.8) is 0 Å². The van der Waals surface area contributed by atoms with Gasteiger partial charge in [0.05, 0.1) is 13.2 Å². The van der Waals surface area contributed by atoms with Crippen molar-refractivity contribution in [2.75, 3.05) is 13.2 Å². The van der Waals surface area contributed by atoms with Crippen LogP contribution >= 0.6 is 22.9 Å². The van der Waals surface area contributed by atoms with E-state index >= 15 is 0 Å². The number of ether oxygens (including phenoxy) is 2. The first-order chi connectivity index (χ1) is 11.6. The van der Waals surface area contributed by atoms with E-state index in [-0.39, 0.29) is 19.6 Å². The molecule has 4 nitrogen and oxygen atoms in total. The van der Waals surface area contributed by atoms with Crippen LogP contribution in [0, 0.1) is 5.92 Å². The van der Waals surface area contributed by atoms with Gasteiger partial charge in [-0.15, -0.1) is 11.3 Å². The fourth-order valence-corrected chi connectivity index (χ4v) is 3.41. The van der Waals surface area contributed by atoms with Gasteiger partial charge in [-0.1, -0.05) is 29.8 Å². The molecule has 0 saturated carbocycles. The second-order valence-corrected chi connectivity index (χ2v) is 6.36. The number of rotatable bonds is 7. The Kier molecular flexibility index (Phi) is 6.82. The normalized spacial score (nSPS) is 10.7. The highest BCUT2D eigenvalue weighted by molar-refractivity contribution is 7.13. The number of thiophene rings is 1. The van der Waals surface area contributed by atoms with Gasteiger partial charge in [-0.2, -0.15) is 0 Å². The van der Waals surface area contributed by atoms with E-state index in [0.29, 0.717) is 5.02 Å². The maximum atomic E-state index is 12.2. The smallest absolute Gasteiger partial charge is 0.320 e. The minimum Gasteiger partial charge on any atom is -0.465 e. The molecule has 0 radical (unpaired) electrons. The van der Waals surface area contributed by atoms with Crippen molar-refractivity contribution >= 4 is 34.9 Å². The molecule has 1 aromatic carbocycles. The fraction of sp³-hybridized carbons (Fsp3) is 0.333. The summed E-state index contributed by atoms with van der Waals surface area (Å²) in [6.45, 7) is 3.81. The van der Waals surface area contributed by atoms with Crippen LogP contribution in [-0.4, -0.2) is 25.2 Å². The van der Waals surface area contributed by atoms with Crippen LogP contribution in [0.25, 0.3) is 10.4 Å². The van der Waals surface area contributed by atoms with Crippen LogP contribution < -0.4 is 0 Å². The van der Waals surface area contributed by atoms with Gasteiger partial charge in [0.1, 0.15) is 0 Å². The monoisotopic (exact) mass is 366 g/mol. The maximum Gasteiger partial charge on any atom is 0.320 e. The summed E-state index contributed by atoms with van der Waals surface area (Å²) in [6, 6.07) is 9.45. The molecule has 6 heteroatoms. The Labute approximate surface area is 150 Å². The molecule has 0 saturated heterocycles. The molecule has 0 unspecified atom stereocenters. The molecular weight excluding hydrogens is 348 g/mol. The maximum absolute atomic E-state index is 12.2. The minimum absolute atomic E-state index is 0.143. The number of carbonyl (C=O) groups is 2. The molecule has 0 spiro atoms. The Bertz CT molecular complexity index is 679. The van der Waals surface area contributed by atoms with E-state index in [1.165, 1.54) is 0 Å². The van der Waals surface area contributed by atoms with Crippen LogP contribution in [-0.2, 0) is 25.5 Å². The van der Waals surface area contributed by atoms with Gasteiger partial charge < -0.3 is 9.47 Å². The molecule has 24 heavy (non-hydrogen) atoms. The van der Waals surface area contributed by atoms with Gasteiger partial charge in [-0.05, 0) is 48.9 Å². The standard InChI is InChI=1S/C18H19ClO4S/c1-3-22-17(20)14(18(21)23-4-2)11-13-12(7-5-8-15(13)19)16-9-6-10-24-16/h5-10,14H,3-4,11H2,1-2H3. The summed E-state index contributed by atoms with van der Waals surface area (Å²) in [5, 5.41) is 2.48. The van der Waals surface area contributed by atoms with Gasteiger partial charge in [0.25, 0.3) is 0 Å². The van der Waals surface area contributed by atoms with E-state index in [9.17, 15) is 9.59 Å². The summed E-state index contributed by atoms with van der Waals surface area (Å²) in [4.78, 5) is 25.4. The number of esters is 2. The van der Waals surface area contributed by atoms with Crippen LogP contribution in [0.1, 0.15) is 19.4 Å². The Balaban J connectivity index is 2.38. The molecule has 0 amide bonds. The van der Waals surface area contributed by atoms with Gasteiger partial charge >= 0.3 is 11.9 Å². The van der Waals surface area contributed by atoms with Crippen molar-refractivity contribution < 1.29 is 19.1 Å². The Hall–Kier alpha value is -1.85. The molecule has 0 aliphatic rings. The van der Waals surface area contributed by atoms with E-state index < -0.39 is 17.9 Å². The SMILES string of the molecule is CCOC(=O)C(Cc1c(Cl)cccc1-c1cccs1)C(=O)OCC. The van der Waals surface area contributed by atoms with E-state index in [2.05, 4.69) is 0 Å². The van der Waals surface area contributed by atoms with Crippen molar-refractivity contribution in [1.82, 2.24) is 0 Å². The molecule has 0 aliphatic carbocycles. The van der Waals surface area contributed by atoms with Crippen molar-refractivity contribution in [1.29, 1.82) is 0 Å². The molecule has 0 atom stereocenters. The highest BCUT2D eigenvalue weighted by Crippen LogP contribution is 2.34. The minimum atomic E-state index is -1.02. The number of halogens is 1. The van der Waals surface area contributed by atoms with Crippen LogP contribution in [0.4, 0.5) is 0 Å². The van der Waals surface area contributed by atoms with E-state index in [0.717, 1.165) is 16.0 Å². The van der Waals surface area contributed by atoms with E-state index in [1.54, 1.807) is 31.3 Å². The molecular formula is C18H19ClO4S. The lowest BCUT2D eigenvalue weighted by Crippen LogP contribution is -2.30. The van der Waals surface area contributed by atoms with Crippen molar-refractivity contribution in [2.45, 2.75) is 20.3 Å². The zero-order chi connectivity index (χ0) is 17.5. The molecule has 1 aromatic heterocycles. The van der Waals surface area contributed by atoms with Crippen molar-refractivity contribution in [3.05, 3.63) is 46.3 Å². The highest BCUT2D eigenvalue weighted by atomic mass is 35.5. The largest absolute Gasteiger partial charge is 0.465 e. The Morgan fingerprint density at radius 1 is 1.08 bits per heavy atom. The number of carbonyl (C=O) groups excluding carboxylic acids is 2. The topological polar surface area (TPSA) is 52.6 Å². The third-order valence-corrected chi connectivity index (χ3v) is 4.71. The first-order valence-electron chi connectivity index (χ1n) is 7.73. The van der Waals surface area contributed by atoms with E-state index in [4.69, 9.17) is 21.1 Å². The molecule has 2 aromatic rings. The molecule has 0 fully saturated rings. The lowest BCUT2D eigenvalue weighted by Gasteiger charge is -2.17. The van der Waals surface area contributed by atoms with Crippen LogP contribution in [0.2, 0.25) is 5.02 Å². The molecule has 2 rings (SSSR count). The molecule has 0 N–H and O–H groups in total. The van der Waals surface area contributed by atoms with Gasteiger partial charge in [-0.3, -0.25) is 9.59 Å². The summed E-state index contributed by atoms with van der Waals surface area (Å²) in [5.74, 6) is -2.20. The average molecular weight is 367 g/mol. The summed E-state index contributed by atoms with van der Waals surface area (Å²) in [7, 11) is 0. The number of hydrogen-bond acceptors (Lipinski definition) is 5. The fourth-order valence-electron chi connectivity index (χ4n) is 2.38. The third-order valence-electron chi connectivity index (χ3n) is 3.46. The van der Waals surface area contributed by atoms with E-state index in [1.807, 2.05) is 29.6 Å². The molecule has 0 aliphatic heterocycles. The summed E-state index contributed by atoms with van der Waals surface area (Å²) >= 11 is 7.93. The second-order valence-electron chi connectivity index (χ2n) is 5.00. The zero-order valence-corrected chi connectivity index (χ0v) is 15.2. The molecule has 0 bridgehead atoms. The third kappa shape index (κ3) is 4.36. The van der Waals surface area contributed by atoms with Crippen molar-refractivity contribution in [3.8, 4) is 10.4 Å². The first kappa shape index (κ1) is 18.5. The van der Waals surface area contributed by atoms with Crippen LogP contribution in [0.5, 0.6) is 0 Å². The average Bonchev–Trinajstić information content (AvgIpc) is 3.08. The van der Waals surface area contributed by atoms with Crippen LogP contribution in [0.15, 0.2) is 35.7 Å². The summed E-state index contributed by atoms with van der Waals surface area (Å²) < 4.78 is 10.1. The summed E-state index contributed by atoms with van der Waals surface area (Å²) in [6.07, 6.45) is 0.143. The van der Waals surface area contributed by atoms with Crippen LogP contribution in [0.3, 0.4) is 0 Å². The Morgan fingerprint density at radius 3 is 2.29 bits per heavy atom. The number of hydrogen-bond donors (Lipinski definition) is 0. The van der Waals surface area contributed by atoms with Gasteiger partial charge in [0.15, 0.2) is 5.92 Å². The molecule has 1 heterocycles. The quantitative estimate of drug-likeness (QED) is 0.540. The van der Waals surface area contributed by atoms with Crippen molar-refractivity contribution in [2.24, 2.45) is 5.92 Å². The second kappa shape index (κ2) is 8.85. The zero-order valence-electron chi connectivity index (χ0n) is 13.6. The Morgan fingerprint density at radius 2 is 1.75 bits per heavy atom. The van der Waals surface area contributed by atoms with Gasteiger partial charge in [-0.25, -0.2) is 0 Å². The predicted octanol–water partition coefficient (Wildman–Crippen LogP) is 4.35. The highest BCUT2D eigenvalue weighted by Gasteiger charge is 2.31. The van der Waals surface area contributed by atoms with Gasteiger partial charge in [0.2, 0.25) is 0 Å². The molecule has 128 valence electrons. The van der Waals surface area contributed by atoms with Gasteiger partial charge in [0, 0.05) is 9.90 Å². The lowest BCUT2D eigenvalue weighted by atomic mass is 9.94. The summed E-state index contributed by atoms with van der Waals surface area (Å²) in [5.41, 5.74) is 1.66. The lowest BCUT2D eigenvalue weighted by molar-refractivity contribution is -0.161. The predicted molar refractivity (Wildman–Crippen MR) is 95.2 cm³/mol. The number of benzene rings is 1. The first-order valence-corrected chi connectivity index (χ1v) is 8.98.